The fraction of sp³-hybridized carbons (Fsp3) is 0.200. The molecule has 0 amide bonds. The van der Waals surface area contributed by atoms with Gasteiger partial charge in [0.15, 0.2) is 0 Å². The Kier molecular flexibility index (Phi) is 1.69. The van der Waals surface area contributed by atoms with E-state index in [1.54, 1.807) is 0 Å². The molecule has 0 saturated heterocycles. The van der Waals surface area contributed by atoms with Gasteiger partial charge < -0.3 is 9.88 Å². The summed E-state index contributed by atoms with van der Waals surface area (Å²) in [4.78, 5) is 0. The van der Waals surface area contributed by atoms with Crippen LogP contribution in [-0.4, -0.2) is 4.57 Å². The molecule has 4 rings (SSSR count). The van der Waals surface area contributed by atoms with Crippen LogP contribution in [0.15, 0.2) is 36.4 Å². The third kappa shape index (κ3) is 1.13. The standard InChI is InChI=1S/C15H14N2/c1-17-14-5-3-2-4-12(14)13-6-10-8-16-9-11(10)7-15(13)17/h2-7,16H,8-9H2,1H3. The summed E-state index contributed by atoms with van der Waals surface area (Å²) < 4.78 is 2.29. The minimum atomic E-state index is 1.01. The number of rotatable bonds is 0. The topological polar surface area (TPSA) is 17.0 Å². The smallest absolute Gasteiger partial charge is 0.0492 e. The van der Waals surface area contributed by atoms with Crippen molar-refractivity contribution in [2.24, 2.45) is 7.05 Å². The molecule has 1 aliphatic heterocycles. The van der Waals surface area contributed by atoms with Gasteiger partial charge in [-0.05, 0) is 29.3 Å². The SMILES string of the molecule is Cn1c2ccccc2c2cc3c(cc21)CNC3. The van der Waals surface area contributed by atoms with Crippen LogP contribution in [-0.2, 0) is 20.1 Å². The first-order valence-electron chi connectivity index (χ1n) is 6.04. The summed E-state index contributed by atoms with van der Waals surface area (Å²) >= 11 is 0. The highest BCUT2D eigenvalue weighted by molar-refractivity contribution is 6.08. The van der Waals surface area contributed by atoms with Crippen molar-refractivity contribution in [1.29, 1.82) is 0 Å². The number of fused-ring (bicyclic) bond motifs is 4. The number of benzene rings is 2. The predicted molar refractivity (Wildman–Crippen MR) is 71.0 cm³/mol. The molecule has 1 aromatic heterocycles. The second kappa shape index (κ2) is 3.11. The van der Waals surface area contributed by atoms with Crippen molar-refractivity contribution >= 4 is 21.8 Å². The predicted octanol–water partition coefficient (Wildman–Crippen LogP) is 2.93. The molecule has 0 bridgehead atoms. The number of aromatic nitrogens is 1. The van der Waals surface area contributed by atoms with Gasteiger partial charge in [-0.2, -0.15) is 0 Å². The lowest BCUT2D eigenvalue weighted by molar-refractivity contribution is 0.765. The first-order chi connectivity index (χ1) is 8.34. The summed E-state index contributed by atoms with van der Waals surface area (Å²) in [6.07, 6.45) is 0. The number of hydrogen-bond acceptors (Lipinski definition) is 1. The van der Waals surface area contributed by atoms with Crippen LogP contribution in [0.25, 0.3) is 21.8 Å². The monoisotopic (exact) mass is 222 g/mol. The minimum Gasteiger partial charge on any atom is -0.344 e. The molecule has 0 saturated carbocycles. The molecule has 84 valence electrons. The zero-order chi connectivity index (χ0) is 11.4. The third-order valence-electron chi connectivity index (χ3n) is 3.87. The van der Waals surface area contributed by atoms with Gasteiger partial charge in [0.1, 0.15) is 0 Å². The summed E-state index contributed by atoms with van der Waals surface area (Å²) in [5.41, 5.74) is 5.56. The van der Waals surface area contributed by atoms with Crippen molar-refractivity contribution in [2.75, 3.05) is 0 Å². The van der Waals surface area contributed by atoms with E-state index in [1.165, 1.54) is 32.9 Å². The van der Waals surface area contributed by atoms with Crippen LogP contribution in [0.5, 0.6) is 0 Å². The van der Waals surface area contributed by atoms with Crippen LogP contribution in [0, 0.1) is 0 Å². The number of nitrogens with one attached hydrogen (secondary N) is 1. The van der Waals surface area contributed by atoms with Crippen LogP contribution < -0.4 is 5.32 Å². The molecule has 0 spiro atoms. The van der Waals surface area contributed by atoms with Gasteiger partial charge in [-0.3, -0.25) is 0 Å². The van der Waals surface area contributed by atoms with Gasteiger partial charge in [0.2, 0.25) is 0 Å². The molecule has 0 aliphatic carbocycles. The van der Waals surface area contributed by atoms with E-state index in [0.717, 1.165) is 13.1 Å². The van der Waals surface area contributed by atoms with Crippen molar-refractivity contribution < 1.29 is 0 Å². The molecule has 3 aromatic rings. The van der Waals surface area contributed by atoms with Crippen molar-refractivity contribution in [1.82, 2.24) is 9.88 Å². The summed E-state index contributed by atoms with van der Waals surface area (Å²) in [6.45, 7) is 2.02. The van der Waals surface area contributed by atoms with Gasteiger partial charge in [0, 0.05) is 41.9 Å². The zero-order valence-corrected chi connectivity index (χ0v) is 9.83. The Morgan fingerprint density at radius 2 is 1.71 bits per heavy atom. The van der Waals surface area contributed by atoms with E-state index in [9.17, 15) is 0 Å². The summed E-state index contributed by atoms with van der Waals surface area (Å²) in [7, 11) is 2.15. The molecule has 0 atom stereocenters. The lowest BCUT2D eigenvalue weighted by Crippen LogP contribution is -1.99. The van der Waals surface area contributed by atoms with Crippen molar-refractivity contribution in [2.45, 2.75) is 13.1 Å². The van der Waals surface area contributed by atoms with Crippen molar-refractivity contribution in [3.8, 4) is 0 Å². The van der Waals surface area contributed by atoms with Crippen molar-refractivity contribution in [3.63, 3.8) is 0 Å². The minimum absolute atomic E-state index is 1.01. The normalized spacial score (nSPS) is 14.6. The van der Waals surface area contributed by atoms with E-state index in [-0.39, 0.29) is 0 Å². The fourth-order valence-corrected chi connectivity index (χ4v) is 2.95. The molecule has 2 heterocycles. The van der Waals surface area contributed by atoms with Gasteiger partial charge in [-0.1, -0.05) is 18.2 Å². The lowest BCUT2D eigenvalue weighted by atomic mass is 10.1. The van der Waals surface area contributed by atoms with E-state index >= 15 is 0 Å². The van der Waals surface area contributed by atoms with Crippen LogP contribution in [0.1, 0.15) is 11.1 Å². The maximum absolute atomic E-state index is 3.41. The number of aryl methyl sites for hydroxylation is 1. The molecular weight excluding hydrogens is 208 g/mol. The van der Waals surface area contributed by atoms with E-state index < -0.39 is 0 Å². The van der Waals surface area contributed by atoms with Gasteiger partial charge in [0.25, 0.3) is 0 Å². The third-order valence-corrected chi connectivity index (χ3v) is 3.87. The Labute approximate surface area is 99.9 Å². The molecule has 0 fully saturated rings. The average molecular weight is 222 g/mol. The van der Waals surface area contributed by atoms with Gasteiger partial charge in [-0.25, -0.2) is 0 Å². The first kappa shape index (κ1) is 9.25. The number of hydrogen-bond donors (Lipinski definition) is 1. The second-order valence-corrected chi connectivity index (χ2v) is 4.82. The van der Waals surface area contributed by atoms with E-state index in [4.69, 9.17) is 0 Å². The molecule has 1 N–H and O–H groups in total. The number of nitrogens with zero attached hydrogens (tertiary/aromatic N) is 1. The first-order valence-corrected chi connectivity index (χ1v) is 6.04. The quantitative estimate of drug-likeness (QED) is 0.619. The fourth-order valence-electron chi connectivity index (χ4n) is 2.95. The highest BCUT2D eigenvalue weighted by atomic mass is 14.9. The summed E-state index contributed by atoms with van der Waals surface area (Å²) in [5, 5.41) is 6.15. The maximum atomic E-state index is 3.41. The lowest BCUT2D eigenvalue weighted by Gasteiger charge is -2.01. The zero-order valence-electron chi connectivity index (χ0n) is 9.83. The Bertz CT molecular complexity index is 737. The molecule has 2 aromatic carbocycles. The number of para-hydroxylation sites is 1. The van der Waals surface area contributed by atoms with E-state index in [1.807, 2.05) is 0 Å². The van der Waals surface area contributed by atoms with Crippen LogP contribution in [0.3, 0.4) is 0 Å². The van der Waals surface area contributed by atoms with Crippen LogP contribution >= 0.6 is 0 Å². The van der Waals surface area contributed by atoms with Gasteiger partial charge >= 0.3 is 0 Å². The van der Waals surface area contributed by atoms with Crippen LogP contribution in [0.4, 0.5) is 0 Å². The van der Waals surface area contributed by atoms with E-state index in [2.05, 4.69) is 53.3 Å². The Hall–Kier alpha value is -1.80. The van der Waals surface area contributed by atoms with Gasteiger partial charge in [-0.15, -0.1) is 0 Å². The van der Waals surface area contributed by atoms with Crippen LogP contribution in [0.2, 0.25) is 0 Å². The van der Waals surface area contributed by atoms with E-state index in [0.29, 0.717) is 0 Å². The Balaban J connectivity index is 2.24. The molecule has 2 nitrogen and oxygen atoms in total. The van der Waals surface area contributed by atoms with Gasteiger partial charge in [0.05, 0.1) is 0 Å². The molecule has 1 aliphatic rings. The molecular formula is C15H14N2. The van der Waals surface area contributed by atoms with Crippen molar-refractivity contribution in [3.05, 3.63) is 47.5 Å². The Morgan fingerprint density at radius 1 is 0.941 bits per heavy atom. The molecule has 17 heavy (non-hydrogen) atoms. The molecule has 2 heteroatoms. The summed E-state index contributed by atoms with van der Waals surface area (Å²) in [6, 6.07) is 13.3. The molecule has 0 radical (unpaired) electrons. The largest absolute Gasteiger partial charge is 0.344 e. The average Bonchev–Trinajstić information content (AvgIpc) is 2.92. The Morgan fingerprint density at radius 3 is 2.59 bits per heavy atom. The highest BCUT2D eigenvalue weighted by Crippen LogP contribution is 2.31. The second-order valence-electron chi connectivity index (χ2n) is 4.82. The summed E-state index contributed by atoms with van der Waals surface area (Å²) in [5.74, 6) is 0. The highest BCUT2D eigenvalue weighted by Gasteiger charge is 2.14. The molecule has 0 unspecified atom stereocenters. The maximum Gasteiger partial charge on any atom is 0.0492 e.